The van der Waals surface area contributed by atoms with Crippen LogP contribution in [0.3, 0.4) is 0 Å². The first-order chi connectivity index (χ1) is 12.7. The van der Waals surface area contributed by atoms with Crippen LogP contribution in [-0.4, -0.2) is 31.7 Å². The standard InChI is InChI=1S/C21H28N2O3S/c1-6-22-20(24)14-23(13-19-10-8-7-9-11-19)27(25,26)21-17(4)15(2)12-16(3)18(21)5/h7-12H,6,13-14H2,1-5H3,(H,22,24). The van der Waals surface area contributed by atoms with Crippen molar-refractivity contribution in [2.75, 3.05) is 13.1 Å². The molecule has 1 amide bonds. The number of nitrogens with one attached hydrogen (secondary N) is 1. The minimum absolute atomic E-state index is 0.145. The predicted molar refractivity (Wildman–Crippen MR) is 108 cm³/mol. The molecule has 1 N–H and O–H groups in total. The third-order valence-electron chi connectivity index (χ3n) is 4.79. The molecular weight excluding hydrogens is 360 g/mol. The summed E-state index contributed by atoms with van der Waals surface area (Å²) in [4.78, 5) is 12.5. The van der Waals surface area contributed by atoms with Crippen LogP contribution < -0.4 is 5.32 Å². The van der Waals surface area contributed by atoms with E-state index in [4.69, 9.17) is 0 Å². The van der Waals surface area contributed by atoms with Crippen molar-refractivity contribution in [2.24, 2.45) is 0 Å². The van der Waals surface area contributed by atoms with Crippen LogP contribution in [0.25, 0.3) is 0 Å². The van der Waals surface area contributed by atoms with Crippen molar-refractivity contribution in [3.8, 4) is 0 Å². The van der Waals surface area contributed by atoms with Crippen molar-refractivity contribution >= 4 is 15.9 Å². The molecule has 0 radical (unpaired) electrons. The third kappa shape index (κ3) is 4.76. The van der Waals surface area contributed by atoms with Crippen LogP contribution in [-0.2, 0) is 21.4 Å². The predicted octanol–water partition coefficient (Wildman–Crippen LogP) is 3.25. The van der Waals surface area contributed by atoms with Gasteiger partial charge in [0.1, 0.15) is 0 Å². The number of amides is 1. The molecule has 2 aromatic rings. The summed E-state index contributed by atoms with van der Waals surface area (Å²) in [5.41, 5.74) is 4.15. The number of carbonyl (C=O) groups is 1. The van der Waals surface area contributed by atoms with Gasteiger partial charge in [0.2, 0.25) is 15.9 Å². The largest absolute Gasteiger partial charge is 0.355 e. The highest BCUT2D eigenvalue weighted by Crippen LogP contribution is 2.29. The number of benzene rings is 2. The Morgan fingerprint density at radius 2 is 1.56 bits per heavy atom. The van der Waals surface area contributed by atoms with Crippen molar-refractivity contribution in [1.29, 1.82) is 0 Å². The van der Waals surface area contributed by atoms with Crippen LogP contribution in [0.2, 0.25) is 0 Å². The topological polar surface area (TPSA) is 66.5 Å². The van der Waals surface area contributed by atoms with E-state index in [-0.39, 0.29) is 19.0 Å². The van der Waals surface area contributed by atoms with Crippen LogP contribution in [0, 0.1) is 27.7 Å². The fraction of sp³-hybridized carbons (Fsp3) is 0.381. The van der Waals surface area contributed by atoms with Gasteiger partial charge in [-0.05, 0) is 62.4 Å². The fourth-order valence-corrected chi connectivity index (χ4v) is 5.08. The summed E-state index contributed by atoms with van der Waals surface area (Å²) in [6.45, 7) is 9.66. The molecule has 5 nitrogen and oxygen atoms in total. The Kier molecular flexibility index (Phi) is 6.78. The average molecular weight is 389 g/mol. The third-order valence-corrected chi connectivity index (χ3v) is 6.86. The molecule has 0 heterocycles. The van der Waals surface area contributed by atoms with Gasteiger partial charge < -0.3 is 5.32 Å². The molecule has 0 spiro atoms. The second-order valence-electron chi connectivity index (χ2n) is 6.80. The maximum Gasteiger partial charge on any atom is 0.244 e. The molecule has 0 aromatic heterocycles. The first-order valence-corrected chi connectivity index (χ1v) is 10.5. The summed E-state index contributed by atoms with van der Waals surface area (Å²) >= 11 is 0. The summed E-state index contributed by atoms with van der Waals surface area (Å²) in [6.07, 6.45) is 0. The van der Waals surface area contributed by atoms with Gasteiger partial charge in [-0.25, -0.2) is 8.42 Å². The van der Waals surface area contributed by atoms with Gasteiger partial charge in [-0.2, -0.15) is 4.31 Å². The molecule has 0 aliphatic heterocycles. The maximum absolute atomic E-state index is 13.6. The molecule has 0 aliphatic rings. The molecule has 6 heteroatoms. The quantitative estimate of drug-likeness (QED) is 0.792. The molecule has 0 bridgehead atoms. The summed E-state index contributed by atoms with van der Waals surface area (Å²) in [7, 11) is -3.85. The summed E-state index contributed by atoms with van der Waals surface area (Å²) in [5, 5.41) is 2.69. The van der Waals surface area contributed by atoms with Crippen molar-refractivity contribution in [1.82, 2.24) is 9.62 Å². The number of carbonyl (C=O) groups excluding carboxylic acids is 1. The van der Waals surface area contributed by atoms with E-state index in [1.165, 1.54) is 4.31 Å². The highest BCUT2D eigenvalue weighted by molar-refractivity contribution is 7.89. The van der Waals surface area contributed by atoms with Crippen LogP contribution in [0.4, 0.5) is 0 Å². The van der Waals surface area contributed by atoms with Crippen molar-refractivity contribution in [3.05, 3.63) is 64.2 Å². The lowest BCUT2D eigenvalue weighted by Gasteiger charge is -2.25. The molecule has 27 heavy (non-hydrogen) atoms. The summed E-state index contributed by atoms with van der Waals surface area (Å²) < 4.78 is 28.4. The van der Waals surface area contributed by atoms with Gasteiger partial charge in [-0.1, -0.05) is 36.4 Å². The molecule has 0 fully saturated rings. The molecule has 2 rings (SSSR count). The number of aryl methyl sites for hydroxylation is 2. The Bertz CT molecular complexity index is 896. The van der Waals surface area contributed by atoms with E-state index < -0.39 is 10.0 Å². The van der Waals surface area contributed by atoms with Crippen molar-refractivity contribution in [3.63, 3.8) is 0 Å². The molecular formula is C21H28N2O3S. The Hall–Kier alpha value is -2.18. The van der Waals surface area contributed by atoms with E-state index in [0.717, 1.165) is 27.8 Å². The van der Waals surface area contributed by atoms with E-state index >= 15 is 0 Å². The van der Waals surface area contributed by atoms with Gasteiger partial charge in [0, 0.05) is 13.1 Å². The number of sulfonamides is 1. The van der Waals surface area contributed by atoms with Gasteiger partial charge >= 0.3 is 0 Å². The highest BCUT2D eigenvalue weighted by Gasteiger charge is 2.30. The number of likely N-dealkylation sites (N-methyl/N-ethyl adjacent to an activating group) is 1. The van der Waals surface area contributed by atoms with E-state index in [0.29, 0.717) is 11.4 Å². The van der Waals surface area contributed by atoms with Crippen molar-refractivity contribution < 1.29 is 13.2 Å². The zero-order chi connectivity index (χ0) is 20.2. The minimum Gasteiger partial charge on any atom is -0.355 e. The second-order valence-corrected chi connectivity index (χ2v) is 8.68. The SMILES string of the molecule is CCNC(=O)CN(Cc1ccccc1)S(=O)(=O)c1c(C)c(C)cc(C)c1C. The molecule has 0 atom stereocenters. The summed E-state index contributed by atoms with van der Waals surface area (Å²) in [6, 6.07) is 11.3. The first kappa shape index (κ1) is 21.1. The lowest BCUT2D eigenvalue weighted by molar-refractivity contribution is -0.121. The number of nitrogens with zero attached hydrogens (tertiary/aromatic N) is 1. The smallest absolute Gasteiger partial charge is 0.244 e. The lowest BCUT2D eigenvalue weighted by atomic mass is 10.0. The minimum atomic E-state index is -3.85. The van der Waals surface area contributed by atoms with Crippen LogP contribution in [0.15, 0.2) is 41.3 Å². The van der Waals surface area contributed by atoms with Gasteiger partial charge in [-0.15, -0.1) is 0 Å². The molecule has 0 unspecified atom stereocenters. The molecule has 2 aromatic carbocycles. The Morgan fingerprint density at radius 1 is 1.00 bits per heavy atom. The molecule has 0 aliphatic carbocycles. The zero-order valence-corrected chi connectivity index (χ0v) is 17.5. The monoisotopic (exact) mass is 388 g/mol. The summed E-state index contributed by atoms with van der Waals surface area (Å²) in [5.74, 6) is -0.309. The van der Waals surface area contributed by atoms with E-state index in [2.05, 4.69) is 5.32 Å². The average Bonchev–Trinajstić information content (AvgIpc) is 2.60. The highest BCUT2D eigenvalue weighted by atomic mass is 32.2. The first-order valence-electron chi connectivity index (χ1n) is 9.06. The zero-order valence-electron chi connectivity index (χ0n) is 16.7. The van der Waals surface area contributed by atoms with Gasteiger partial charge in [-0.3, -0.25) is 4.79 Å². The number of rotatable bonds is 7. The number of hydrogen-bond donors (Lipinski definition) is 1. The van der Waals surface area contributed by atoms with E-state index in [9.17, 15) is 13.2 Å². The van der Waals surface area contributed by atoms with Crippen LogP contribution in [0.1, 0.15) is 34.7 Å². The van der Waals surface area contributed by atoms with Crippen molar-refractivity contribution in [2.45, 2.75) is 46.1 Å². The van der Waals surface area contributed by atoms with E-state index in [1.54, 1.807) is 0 Å². The Morgan fingerprint density at radius 3 is 2.07 bits per heavy atom. The lowest BCUT2D eigenvalue weighted by Crippen LogP contribution is -2.40. The normalized spacial score (nSPS) is 11.6. The Labute approximate surface area is 162 Å². The van der Waals surface area contributed by atoms with Crippen LogP contribution in [0.5, 0.6) is 0 Å². The van der Waals surface area contributed by atoms with Crippen LogP contribution >= 0.6 is 0 Å². The molecule has 0 saturated carbocycles. The maximum atomic E-state index is 13.6. The Balaban J connectivity index is 2.55. The van der Waals surface area contributed by atoms with E-state index in [1.807, 2.05) is 71.0 Å². The molecule has 0 saturated heterocycles. The molecule has 146 valence electrons. The van der Waals surface area contributed by atoms with Gasteiger partial charge in [0.15, 0.2) is 0 Å². The van der Waals surface area contributed by atoms with Gasteiger partial charge in [0.05, 0.1) is 11.4 Å². The second kappa shape index (κ2) is 8.67. The van der Waals surface area contributed by atoms with Gasteiger partial charge in [0.25, 0.3) is 0 Å². The number of hydrogen-bond acceptors (Lipinski definition) is 3. The fourth-order valence-electron chi connectivity index (χ4n) is 3.12.